The van der Waals surface area contributed by atoms with Crippen LogP contribution in [0.1, 0.15) is 25.7 Å². The van der Waals surface area contributed by atoms with Crippen LogP contribution in [0.15, 0.2) is 12.1 Å². The Balaban J connectivity index is 1.78. The summed E-state index contributed by atoms with van der Waals surface area (Å²) in [6.07, 6.45) is 4.86. The van der Waals surface area contributed by atoms with E-state index in [2.05, 4.69) is 5.32 Å². The van der Waals surface area contributed by atoms with Crippen molar-refractivity contribution in [2.45, 2.75) is 31.7 Å². The molecule has 3 rings (SSSR count). The van der Waals surface area contributed by atoms with E-state index in [1.165, 1.54) is 19.3 Å². The number of fused-ring (bicyclic) bond motifs is 1. The minimum atomic E-state index is 0.268. The first-order valence-corrected chi connectivity index (χ1v) is 7.21. The molecule has 19 heavy (non-hydrogen) atoms. The summed E-state index contributed by atoms with van der Waals surface area (Å²) in [4.78, 5) is 0. The van der Waals surface area contributed by atoms with E-state index in [1.54, 1.807) is 0 Å². The molecule has 0 aromatic heterocycles. The topological polar surface area (TPSA) is 56.5 Å². The molecule has 0 spiro atoms. The predicted octanol–water partition coefficient (Wildman–Crippen LogP) is 3.00. The zero-order chi connectivity index (χ0) is 13.2. The summed E-state index contributed by atoms with van der Waals surface area (Å²) < 4.78 is 10.7. The Hall–Kier alpha value is -1.13. The lowest BCUT2D eigenvalue weighted by Gasteiger charge is -2.32. The Morgan fingerprint density at radius 2 is 1.95 bits per heavy atom. The molecule has 1 aliphatic heterocycles. The maximum atomic E-state index is 6.29. The lowest BCUT2D eigenvalue weighted by Crippen LogP contribution is -2.36. The van der Waals surface area contributed by atoms with E-state index in [9.17, 15) is 0 Å². The van der Waals surface area contributed by atoms with E-state index in [4.69, 9.17) is 26.8 Å². The molecule has 4 nitrogen and oxygen atoms in total. The second-order valence-corrected chi connectivity index (χ2v) is 5.62. The van der Waals surface area contributed by atoms with Gasteiger partial charge in [-0.2, -0.15) is 0 Å². The Morgan fingerprint density at radius 3 is 2.74 bits per heavy atom. The predicted molar refractivity (Wildman–Crippen MR) is 76.0 cm³/mol. The normalized spacial score (nSPS) is 25.4. The maximum Gasteiger partial charge on any atom is 0.231 e. The summed E-state index contributed by atoms with van der Waals surface area (Å²) in [5.74, 6) is 2.00. The first-order chi connectivity index (χ1) is 9.28. The van der Waals surface area contributed by atoms with Gasteiger partial charge >= 0.3 is 0 Å². The second-order valence-electron chi connectivity index (χ2n) is 5.22. The largest absolute Gasteiger partial charge is 0.454 e. The Bertz CT molecular complexity index is 467. The molecular formula is C14H19ClN2O2. The van der Waals surface area contributed by atoms with Crippen LogP contribution in [0.3, 0.4) is 0 Å². The van der Waals surface area contributed by atoms with Crippen molar-refractivity contribution < 1.29 is 9.47 Å². The molecule has 2 atom stereocenters. The van der Waals surface area contributed by atoms with E-state index in [0.717, 1.165) is 30.2 Å². The highest BCUT2D eigenvalue weighted by Gasteiger charge is 2.25. The lowest BCUT2D eigenvalue weighted by molar-refractivity contribution is 0.174. The molecule has 1 aliphatic carbocycles. The fraction of sp³-hybridized carbons (Fsp3) is 0.571. The van der Waals surface area contributed by atoms with Crippen LogP contribution < -0.4 is 20.5 Å². The van der Waals surface area contributed by atoms with Crippen molar-refractivity contribution in [2.24, 2.45) is 11.7 Å². The van der Waals surface area contributed by atoms with Gasteiger partial charge in [0.2, 0.25) is 6.79 Å². The van der Waals surface area contributed by atoms with Gasteiger partial charge in [0, 0.05) is 18.2 Å². The molecule has 0 saturated heterocycles. The van der Waals surface area contributed by atoms with Crippen LogP contribution in [0.2, 0.25) is 5.02 Å². The van der Waals surface area contributed by atoms with E-state index in [1.807, 2.05) is 12.1 Å². The van der Waals surface area contributed by atoms with Crippen LogP contribution in [0.4, 0.5) is 5.69 Å². The maximum absolute atomic E-state index is 6.29. The van der Waals surface area contributed by atoms with E-state index >= 15 is 0 Å². The molecule has 1 fully saturated rings. The first-order valence-electron chi connectivity index (χ1n) is 6.83. The number of benzene rings is 1. The van der Waals surface area contributed by atoms with Crippen molar-refractivity contribution in [1.82, 2.24) is 0 Å². The highest BCUT2D eigenvalue weighted by molar-refractivity contribution is 6.33. The number of nitrogens with one attached hydrogen (secondary N) is 1. The molecule has 3 N–H and O–H groups in total. The van der Waals surface area contributed by atoms with Gasteiger partial charge in [-0.15, -0.1) is 0 Å². The molecule has 0 bridgehead atoms. The number of rotatable bonds is 3. The molecule has 1 aromatic carbocycles. The molecular weight excluding hydrogens is 264 g/mol. The molecule has 1 aromatic rings. The first kappa shape index (κ1) is 12.9. The number of anilines is 1. The summed E-state index contributed by atoms with van der Waals surface area (Å²) in [5, 5.41) is 4.20. The zero-order valence-electron chi connectivity index (χ0n) is 10.8. The van der Waals surface area contributed by atoms with Gasteiger partial charge in [-0.3, -0.25) is 0 Å². The van der Waals surface area contributed by atoms with Crippen LogP contribution in [0.5, 0.6) is 11.5 Å². The molecule has 2 aliphatic rings. The van der Waals surface area contributed by atoms with Gasteiger partial charge in [0.25, 0.3) is 0 Å². The van der Waals surface area contributed by atoms with Crippen molar-refractivity contribution in [3.63, 3.8) is 0 Å². The third-order valence-corrected chi connectivity index (χ3v) is 4.33. The van der Waals surface area contributed by atoms with Gasteiger partial charge in [0.15, 0.2) is 11.5 Å². The summed E-state index contributed by atoms with van der Waals surface area (Å²) in [7, 11) is 0. The van der Waals surface area contributed by atoms with Crippen molar-refractivity contribution >= 4 is 17.3 Å². The lowest BCUT2D eigenvalue weighted by atomic mass is 9.84. The van der Waals surface area contributed by atoms with Gasteiger partial charge in [-0.05, 0) is 25.3 Å². The minimum Gasteiger partial charge on any atom is -0.454 e. The number of hydrogen-bond acceptors (Lipinski definition) is 4. The summed E-state index contributed by atoms with van der Waals surface area (Å²) >= 11 is 6.29. The van der Waals surface area contributed by atoms with Gasteiger partial charge in [0.1, 0.15) is 0 Å². The van der Waals surface area contributed by atoms with E-state index in [-0.39, 0.29) is 6.79 Å². The fourth-order valence-electron chi connectivity index (χ4n) is 2.91. The number of halogens is 1. The highest BCUT2D eigenvalue weighted by atomic mass is 35.5. The quantitative estimate of drug-likeness (QED) is 0.895. The van der Waals surface area contributed by atoms with Crippen molar-refractivity contribution in [3.8, 4) is 11.5 Å². The smallest absolute Gasteiger partial charge is 0.231 e. The number of hydrogen-bond donors (Lipinski definition) is 2. The third kappa shape index (κ3) is 2.60. The van der Waals surface area contributed by atoms with E-state index in [0.29, 0.717) is 17.0 Å². The molecule has 5 heteroatoms. The van der Waals surface area contributed by atoms with Crippen LogP contribution in [-0.2, 0) is 0 Å². The fourth-order valence-corrected chi connectivity index (χ4v) is 3.12. The molecule has 104 valence electrons. The van der Waals surface area contributed by atoms with Gasteiger partial charge < -0.3 is 20.5 Å². The van der Waals surface area contributed by atoms with Crippen LogP contribution in [-0.4, -0.2) is 19.4 Å². The molecule has 0 amide bonds. The van der Waals surface area contributed by atoms with Crippen LogP contribution in [0, 0.1) is 5.92 Å². The SMILES string of the molecule is NCC1CCCCC1Nc1cc2c(cc1Cl)OCO2. The van der Waals surface area contributed by atoms with Crippen LogP contribution >= 0.6 is 11.6 Å². The van der Waals surface area contributed by atoms with Crippen molar-refractivity contribution in [2.75, 3.05) is 18.7 Å². The van der Waals surface area contributed by atoms with Gasteiger partial charge in [-0.1, -0.05) is 24.4 Å². The minimum absolute atomic E-state index is 0.268. The van der Waals surface area contributed by atoms with Gasteiger partial charge in [-0.25, -0.2) is 0 Å². The zero-order valence-corrected chi connectivity index (χ0v) is 11.6. The van der Waals surface area contributed by atoms with Gasteiger partial charge in [0.05, 0.1) is 10.7 Å². The van der Waals surface area contributed by atoms with E-state index < -0.39 is 0 Å². The second kappa shape index (κ2) is 5.47. The standard InChI is InChI=1S/C14H19ClN2O2/c15-10-5-13-14(19-8-18-13)6-12(10)17-11-4-2-1-3-9(11)7-16/h5-6,9,11,17H,1-4,7-8,16H2. The summed E-state index contributed by atoms with van der Waals surface area (Å²) in [5.41, 5.74) is 6.77. The average Bonchev–Trinajstić information content (AvgIpc) is 2.87. The molecule has 0 radical (unpaired) electrons. The Morgan fingerprint density at radius 1 is 1.21 bits per heavy atom. The Labute approximate surface area is 118 Å². The van der Waals surface area contributed by atoms with Crippen molar-refractivity contribution in [1.29, 1.82) is 0 Å². The third-order valence-electron chi connectivity index (χ3n) is 4.01. The number of nitrogens with two attached hydrogens (primary N) is 1. The molecule has 2 unspecified atom stereocenters. The van der Waals surface area contributed by atoms with Crippen LogP contribution in [0.25, 0.3) is 0 Å². The highest BCUT2D eigenvalue weighted by Crippen LogP contribution is 2.40. The average molecular weight is 283 g/mol. The number of ether oxygens (including phenoxy) is 2. The molecule has 1 saturated carbocycles. The monoisotopic (exact) mass is 282 g/mol. The molecule has 1 heterocycles. The Kier molecular flexibility index (Phi) is 3.71. The van der Waals surface area contributed by atoms with Crippen molar-refractivity contribution in [3.05, 3.63) is 17.2 Å². The summed E-state index contributed by atoms with van der Waals surface area (Å²) in [6, 6.07) is 4.14. The summed E-state index contributed by atoms with van der Waals surface area (Å²) in [6.45, 7) is 0.990.